The molecule has 0 fully saturated rings. The third kappa shape index (κ3) is 6.47. The van der Waals surface area contributed by atoms with E-state index in [1.165, 1.54) is 6.07 Å². The van der Waals surface area contributed by atoms with Crippen molar-refractivity contribution in [1.82, 2.24) is 0 Å². The number of nitrogens with zero attached hydrogens (tertiary/aromatic N) is 1. The van der Waals surface area contributed by atoms with Gasteiger partial charge in [0.2, 0.25) is 0 Å². The van der Waals surface area contributed by atoms with E-state index in [4.69, 9.17) is 9.47 Å². The van der Waals surface area contributed by atoms with Crippen molar-refractivity contribution in [3.63, 3.8) is 0 Å². The highest BCUT2D eigenvalue weighted by molar-refractivity contribution is 6.06. The first-order valence-corrected chi connectivity index (χ1v) is 9.08. The lowest BCUT2D eigenvalue weighted by Crippen LogP contribution is -2.31. The lowest BCUT2D eigenvalue weighted by molar-refractivity contribution is -0.137. The highest BCUT2D eigenvalue weighted by atomic mass is 19.4. The van der Waals surface area contributed by atoms with Crippen LogP contribution >= 0.6 is 0 Å². The number of ether oxygens (including phenoxy) is 2. The molecule has 0 unspecified atom stereocenters. The van der Waals surface area contributed by atoms with Crippen LogP contribution in [0.4, 0.5) is 24.5 Å². The van der Waals surface area contributed by atoms with Crippen LogP contribution in [0.1, 0.15) is 21.5 Å². The fourth-order valence-electron chi connectivity index (χ4n) is 2.82. The number of aryl methyl sites for hydroxylation is 1. The Kier molecular flexibility index (Phi) is 8.04. The summed E-state index contributed by atoms with van der Waals surface area (Å²) in [6.45, 7) is 3.44. The number of nitrogens with one attached hydrogen (secondary N) is 1. The van der Waals surface area contributed by atoms with Crippen LogP contribution < -0.4 is 10.2 Å². The highest BCUT2D eigenvalue weighted by Gasteiger charge is 2.31. The molecule has 0 bridgehead atoms. The molecule has 0 radical (unpaired) electrons. The Morgan fingerprint density at radius 1 is 1.03 bits per heavy atom. The highest BCUT2D eigenvalue weighted by Crippen LogP contribution is 2.35. The number of hydrogen-bond donors (Lipinski definition) is 1. The molecule has 0 atom stereocenters. The van der Waals surface area contributed by atoms with Gasteiger partial charge in [0.05, 0.1) is 30.2 Å². The number of alkyl halides is 3. The standard InChI is InChI=1S/C21H25F3N2O3/c1-15-5-4-6-16(13-15)20(27)25-18-14-17(21(22,23)24)7-8-19(18)26(9-11-28-2)10-12-29-3/h4-8,13-14H,9-12H2,1-3H3,(H,25,27). The van der Waals surface area contributed by atoms with Gasteiger partial charge in [-0.3, -0.25) is 4.79 Å². The van der Waals surface area contributed by atoms with E-state index in [1.54, 1.807) is 32.4 Å². The third-order valence-electron chi connectivity index (χ3n) is 4.32. The Balaban J connectivity index is 2.42. The molecule has 0 saturated heterocycles. The van der Waals surface area contributed by atoms with Gasteiger partial charge in [0.1, 0.15) is 0 Å². The molecule has 5 nitrogen and oxygen atoms in total. The fourth-order valence-corrected chi connectivity index (χ4v) is 2.82. The minimum Gasteiger partial charge on any atom is -0.383 e. The van der Waals surface area contributed by atoms with Crippen LogP contribution in [0.3, 0.4) is 0 Å². The van der Waals surface area contributed by atoms with Gasteiger partial charge in [0, 0.05) is 32.9 Å². The van der Waals surface area contributed by atoms with E-state index in [9.17, 15) is 18.0 Å². The number of anilines is 2. The second kappa shape index (κ2) is 10.3. The van der Waals surface area contributed by atoms with E-state index in [1.807, 2.05) is 17.9 Å². The predicted octanol–water partition coefficient (Wildman–Crippen LogP) is 4.37. The van der Waals surface area contributed by atoms with Crippen LogP contribution in [0, 0.1) is 6.92 Å². The molecule has 0 spiro atoms. The van der Waals surface area contributed by atoms with Gasteiger partial charge in [-0.25, -0.2) is 0 Å². The summed E-state index contributed by atoms with van der Waals surface area (Å²) >= 11 is 0. The summed E-state index contributed by atoms with van der Waals surface area (Å²) in [5, 5.41) is 2.64. The van der Waals surface area contributed by atoms with Crippen molar-refractivity contribution >= 4 is 17.3 Å². The molecule has 0 aliphatic carbocycles. The van der Waals surface area contributed by atoms with Gasteiger partial charge in [-0.2, -0.15) is 13.2 Å². The van der Waals surface area contributed by atoms with Gasteiger partial charge in [-0.05, 0) is 37.3 Å². The molecule has 0 aliphatic heterocycles. The van der Waals surface area contributed by atoms with Crippen LogP contribution in [0.2, 0.25) is 0 Å². The monoisotopic (exact) mass is 410 g/mol. The van der Waals surface area contributed by atoms with E-state index < -0.39 is 17.6 Å². The molecule has 2 aromatic carbocycles. The van der Waals surface area contributed by atoms with E-state index in [0.29, 0.717) is 37.6 Å². The maximum Gasteiger partial charge on any atom is 0.416 e. The Labute approximate surface area is 168 Å². The number of halogens is 3. The summed E-state index contributed by atoms with van der Waals surface area (Å²) in [5.41, 5.74) is 0.961. The first-order chi connectivity index (χ1) is 13.8. The zero-order valence-electron chi connectivity index (χ0n) is 16.7. The van der Waals surface area contributed by atoms with Crippen LogP contribution in [-0.4, -0.2) is 46.4 Å². The van der Waals surface area contributed by atoms with Gasteiger partial charge in [0.25, 0.3) is 5.91 Å². The summed E-state index contributed by atoms with van der Waals surface area (Å²) in [7, 11) is 3.09. The smallest absolute Gasteiger partial charge is 0.383 e. The van der Waals surface area contributed by atoms with Crippen molar-refractivity contribution in [2.24, 2.45) is 0 Å². The third-order valence-corrected chi connectivity index (χ3v) is 4.32. The van der Waals surface area contributed by atoms with Crippen LogP contribution in [0.5, 0.6) is 0 Å². The second-order valence-corrected chi connectivity index (χ2v) is 6.53. The molecular weight excluding hydrogens is 385 g/mol. The number of carbonyl (C=O) groups is 1. The molecule has 0 aliphatic rings. The van der Waals surface area contributed by atoms with Gasteiger partial charge in [0.15, 0.2) is 0 Å². The lowest BCUT2D eigenvalue weighted by Gasteiger charge is -2.27. The summed E-state index contributed by atoms with van der Waals surface area (Å²) in [6, 6.07) is 10.2. The zero-order chi connectivity index (χ0) is 21.4. The van der Waals surface area contributed by atoms with Gasteiger partial charge < -0.3 is 19.7 Å². The number of benzene rings is 2. The Morgan fingerprint density at radius 2 is 1.69 bits per heavy atom. The van der Waals surface area contributed by atoms with E-state index in [2.05, 4.69) is 5.32 Å². The van der Waals surface area contributed by atoms with E-state index >= 15 is 0 Å². The molecule has 2 aromatic rings. The first kappa shape index (κ1) is 22.7. The summed E-state index contributed by atoms with van der Waals surface area (Å²) in [6.07, 6.45) is -4.52. The Bertz CT molecular complexity index is 817. The molecular formula is C21H25F3N2O3. The molecule has 2 rings (SSSR count). The zero-order valence-corrected chi connectivity index (χ0v) is 16.7. The van der Waals surface area contributed by atoms with Crippen molar-refractivity contribution in [2.75, 3.05) is 50.7 Å². The van der Waals surface area contributed by atoms with Gasteiger partial charge >= 0.3 is 6.18 Å². The second-order valence-electron chi connectivity index (χ2n) is 6.53. The van der Waals surface area contributed by atoms with Crippen molar-refractivity contribution < 1.29 is 27.4 Å². The number of amides is 1. The minimum absolute atomic E-state index is 0.0820. The van der Waals surface area contributed by atoms with Gasteiger partial charge in [-0.15, -0.1) is 0 Å². The van der Waals surface area contributed by atoms with Crippen molar-refractivity contribution in [3.8, 4) is 0 Å². The molecule has 0 aromatic heterocycles. The topological polar surface area (TPSA) is 50.8 Å². The minimum atomic E-state index is -4.52. The normalized spacial score (nSPS) is 11.4. The fraction of sp³-hybridized carbons (Fsp3) is 0.381. The number of rotatable bonds is 9. The van der Waals surface area contributed by atoms with Crippen LogP contribution in [0.25, 0.3) is 0 Å². The van der Waals surface area contributed by atoms with E-state index in [0.717, 1.165) is 17.7 Å². The lowest BCUT2D eigenvalue weighted by atomic mass is 10.1. The number of carbonyl (C=O) groups excluding carboxylic acids is 1. The molecule has 1 N–H and O–H groups in total. The maximum atomic E-state index is 13.3. The molecule has 158 valence electrons. The molecule has 0 saturated carbocycles. The Morgan fingerprint density at radius 3 is 2.24 bits per heavy atom. The predicted molar refractivity (Wildman–Crippen MR) is 107 cm³/mol. The maximum absolute atomic E-state index is 13.3. The summed E-state index contributed by atoms with van der Waals surface area (Å²) in [5.74, 6) is -0.479. The Hall–Kier alpha value is -2.58. The molecule has 0 heterocycles. The van der Waals surface area contributed by atoms with Gasteiger partial charge in [-0.1, -0.05) is 17.7 Å². The SMILES string of the molecule is COCCN(CCOC)c1ccc(C(F)(F)F)cc1NC(=O)c1cccc(C)c1. The number of hydrogen-bond acceptors (Lipinski definition) is 4. The first-order valence-electron chi connectivity index (χ1n) is 9.08. The van der Waals surface area contributed by atoms with Crippen LogP contribution in [0.15, 0.2) is 42.5 Å². The van der Waals surface area contributed by atoms with Crippen molar-refractivity contribution in [1.29, 1.82) is 0 Å². The molecule has 1 amide bonds. The summed E-state index contributed by atoms with van der Waals surface area (Å²) in [4.78, 5) is 14.5. The average Bonchev–Trinajstić information content (AvgIpc) is 2.67. The van der Waals surface area contributed by atoms with Crippen molar-refractivity contribution in [3.05, 3.63) is 59.2 Å². The van der Waals surface area contributed by atoms with Crippen molar-refractivity contribution in [2.45, 2.75) is 13.1 Å². The van der Waals surface area contributed by atoms with Crippen LogP contribution in [-0.2, 0) is 15.7 Å². The summed E-state index contributed by atoms with van der Waals surface area (Å²) < 4.78 is 50.0. The quantitative estimate of drug-likeness (QED) is 0.667. The largest absolute Gasteiger partial charge is 0.416 e. The van der Waals surface area contributed by atoms with E-state index in [-0.39, 0.29) is 5.69 Å². The molecule has 8 heteroatoms. The molecule has 29 heavy (non-hydrogen) atoms. The average molecular weight is 410 g/mol. The number of methoxy groups -OCH3 is 2.